The Bertz CT molecular complexity index is 672. The van der Waals surface area contributed by atoms with Gasteiger partial charge in [0, 0.05) is 35.2 Å². The quantitative estimate of drug-likeness (QED) is 0.803. The minimum absolute atomic E-state index is 0.0784. The van der Waals surface area contributed by atoms with E-state index in [1.54, 1.807) is 0 Å². The number of aromatic nitrogens is 2. The van der Waals surface area contributed by atoms with Gasteiger partial charge in [-0.2, -0.15) is 0 Å². The van der Waals surface area contributed by atoms with Gasteiger partial charge in [0.1, 0.15) is 17.7 Å². The number of anilines is 1. The number of halogens is 1. The van der Waals surface area contributed by atoms with Crippen molar-refractivity contribution in [3.05, 3.63) is 51.9 Å². The Balaban J connectivity index is 1.82. The molecule has 1 aliphatic rings. The van der Waals surface area contributed by atoms with Gasteiger partial charge in [-0.05, 0) is 24.6 Å². The van der Waals surface area contributed by atoms with Crippen LogP contribution < -0.4 is 4.90 Å². The highest BCUT2D eigenvalue weighted by molar-refractivity contribution is 9.10. The van der Waals surface area contributed by atoms with Gasteiger partial charge in [-0.15, -0.1) is 0 Å². The highest BCUT2D eigenvalue weighted by Gasteiger charge is 2.23. The summed E-state index contributed by atoms with van der Waals surface area (Å²) < 4.78 is 7.05. The van der Waals surface area contributed by atoms with Crippen molar-refractivity contribution in [3.63, 3.8) is 0 Å². The fraction of sp³-hybridized carbons (Fsp3) is 0.444. The van der Waals surface area contributed by atoms with Crippen LogP contribution in [-0.2, 0) is 4.74 Å². The highest BCUT2D eigenvalue weighted by atomic mass is 79.9. The Hall–Kier alpha value is -1.46. The summed E-state index contributed by atoms with van der Waals surface area (Å²) in [5.74, 6) is 2.25. The van der Waals surface area contributed by atoms with Gasteiger partial charge in [-0.3, -0.25) is 0 Å². The van der Waals surface area contributed by atoms with Crippen LogP contribution in [0.1, 0.15) is 43.0 Å². The molecule has 1 unspecified atom stereocenters. The van der Waals surface area contributed by atoms with E-state index in [4.69, 9.17) is 9.72 Å². The van der Waals surface area contributed by atoms with Crippen molar-refractivity contribution >= 4 is 21.7 Å². The van der Waals surface area contributed by atoms with E-state index in [9.17, 15) is 0 Å². The van der Waals surface area contributed by atoms with E-state index in [0.717, 1.165) is 34.9 Å². The molecule has 3 rings (SSSR count). The molecule has 1 atom stereocenters. The Labute approximate surface area is 146 Å². The Morgan fingerprint density at radius 3 is 2.65 bits per heavy atom. The van der Waals surface area contributed by atoms with Crippen molar-refractivity contribution in [2.24, 2.45) is 0 Å². The SMILES string of the molecule is Cc1cc(N2CCOC(c3ccc(Br)cc3)C2)nc(C(C)C)n1. The van der Waals surface area contributed by atoms with Gasteiger partial charge in [0.25, 0.3) is 0 Å². The van der Waals surface area contributed by atoms with E-state index in [0.29, 0.717) is 12.5 Å². The average Bonchev–Trinajstić information content (AvgIpc) is 2.55. The molecule has 0 radical (unpaired) electrons. The zero-order chi connectivity index (χ0) is 16.4. The number of aryl methyl sites for hydroxylation is 1. The summed E-state index contributed by atoms with van der Waals surface area (Å²) in [6.45, 7) is 8.67. The lowest BCUT2D eigenvalue weighted by molar-refractivity contribution is 0.0395. The third kappa shape index (κ3) is 3.90. The predicted molar refractivity (Wildman–Crippen MR) is 95.9 cm³/mol. The second kappa shape index (κ2) is 6.97. The largest absolute Gasteiger partial charge is 0.370 e. The molecule has 2 aromatic rings. The van der Waals surface area contributed by atoms with Gasteiger partial charge >= 0.3 is 0 Å². The standard InChI is InChI=1S/C18H22BrN3O/c1-12(2)18-20-13(3)10-17(21-18)22-8-9-23-16(11-22)14-4-6-15(19)7-5-14/h4-7,10,12,16H,8-9,11H2,1-3H3. The monoisotopic (exact) mass is 375 g/mol. The third-order valence-electron chi connectivity index (χ3n) is 4.01. The molecule has 0 aliphatic carbocycles. The van der Waals surface area contributed by atoms with Crippen LogP contribution in [0.15, 0.2) is 34.8 Å². The van der Waals surface area contributed by atoms with Gasteiger partial charge in [-0.1, -0.05) is 41.9 Å². The van der Waals surface area contributed by atoms with Gasteiger partial charge in [0.15, 0.2) is 0 Å². The molecule has 0 amide bonds. The molecule has 122 valence electrons. The van der Waals surface area contributed by atoms with Crippen LogP contribution in [0, 0.1) is 6.92 Å². The van der Waals surface area contributed by atoms with Crippen LogP contribution in [0.4, 0.5) is 5.82 Å². The normalized spacial score (nSPS) is 18.5. The topological polar surface area (TPSA) is 38.2 Å². The Morgan fingerprint density at radius 1 is 1.22 bits per heavy atom. The molecule has 0 N–H and O–H groups in total. The van der Waals surface area contributed by atoms with Gasteiger partial charge in [0.2, 0.25) is 0 Å². The lowest BCUT2D eigenvalue weighted by Gasteiger charge is -2.34. The maximum atomic E-state index is 5.96. The first-order valence-corrected chi connectivity index (χ1v) is 8.80. The number of morpholine rings is 1. The van der Waals surface area contributed by atoms with Gasteiger partial charge in [0.05, 0.1) is 6.61 Å². The van der Waals surface area contributed by atoms with E-state index in [1.807, 2.05) is 6.92 Å². The average molecular weight is 376 g/mol. The molecule has 23 heavy (non-hydrogen) atoms. The first kappa shape index (κ1) is 16.4. The molecular formula is C18H22BrN3O. The lowest BCUT2D eigenvalue weighted by Crippen LogP contribution is -2.39. The van der Waals surface area contributed by atoms with Crippen molar-refractivity contribution < 1.29 is 4.74 Å². The third-order valence-corrected chi connectivity index (χ3v) is 4.54. The van der Waals surface area contributed by atoms with Crippen LogP contribution >= 0.6 is 15.9 Å². The number of rotatable bonds is 3. The number of nitrogens with zero attached hydrogens (tertiary/aromatic N) is 3. The molecule has 1 aliphatic heterocycles. The zero-order valence-corrected chi connectivity index (χ0v) is 15.4. The van der Waals surface area contributed by atoms with E-state index >= 15 is 0 Å². The van der Waals surface area contributed by atoms with Crippen LogP contribution in [0.5, 0.6) is 0 Å². The molecule has 0 bridgehead atoms. The number of benzene rings is 1. The summed E-state index contributed by atoms with van der Waals surface area (Å²) in [5, 5.41) is 0. The van der Waals surface area contributed by atoms with Gasteiger partial charge in [-0.25, -0.2) is 9.97 Å². The smallest absolute Gasteiger partial charge is 0.133 e. The first-order chi connectivity index (χ1) is 11.0. The number of ether oxygens (including phenoxy) is 1. The first-order valence-electron chi connectivity index (χ1n) is 8.00. The molecule has 0 saturated carbocycles. The van der Waals surface area contributed by atoms with Crippen LogP contribution in [0.2, 0.25) is 0 Å². The summed E-state index contributed by atoms with van der Waals surface area (Å²) in [6, 6.07) is 10.4. The summed E-state index contributed by atoms with van der Waals surface area (Å²) in [5.41, 5.74) is 2.22. The molecular weight excluding hydrogens is 354 g/mol. The second-order valence-electron chi connectivity index (χ2n) is 6.24. The predicted octanol–water partition coefficient (Wildman–Crippen LogP) is 4.25. The van der Waals surface area contributed by atoms with Crippen LogP contribution in [-0.4, -0.2) is 29.7 Å². The van der Waals surface area contributed by atoms with E-state index in [1.165, 1.54) is 5.56 Å². The summed E-state index contributed by atoms with van der Waals surface area (Å²) >= 11 is 3.48. The fourth-order valence-electron chi connectivity index (χ4n) is 2.73. The molecule has 1 saturated heterocycles. The maximum Gasteiger partial charge on any atom is 0.133 e. The summed E-state index contributed by atoms with van der Waals surface area (Å²) in [4.78, 5) is 11.6. The zero-order valence-electron chi connectivity index (χ0n) is 13.8. The molecule has 0 spiro atoms. The molecule has 4 nitrogen and oxygen atoms in total. The number of hydrogen-bond donors (Lipinski definition) is 0. The summed E-state index contributed by atoms with van der Waals surface area (Å²) in [7, 11) is 0. The minimum Gasteiger partial charge on any atom is -0.370 e. The molecule has 1 aromatic heterocycles. The van der Waals surface area contributed by atoms with Crippen molar-refractivity contribution in [2.45, 2.75) is 32.8 Å². The molecule has 2 heterocycles. The van der Waals surface area contributed by atoms with Crippen molar-refractivity contribution in [3.8, 4) is 0 Å². The van der Waals surface area contributed by atoms with E-state index in [-0.39, 0.29) is 6.10 Å². The van der Waals surface area contributed by atoms with Gasteiger partial charge < -0.3 is 9.64 Å². The molecule has 1 aromatic carbocycles. The Kier molecular flexibility index (Phi) is 4.97. The van der Waals surface area contributed by atoms with Crippen LogP contribution in [0.25, 0.3) is 0 Å². The van der Waals surface area contributed by atoms with Crippen molar-refractivity contribution in [2.75, 3.05) is 24.6 Å². The maximum absolute atomic E-state index is 5.96. The summed E-state index contributed by atoms with van der Waals surface area (Å²) in [6.07, 6.45) is 0.0784. The number of hydrogen-bond acceptors (Lipinski definition) is 4. The minimum atomic E-state index is 0.0784. The van der Waals surface area contributed by atoms with Crippen molar-refractivity contribution in [1.82, 2.24) is 9.97 Å². The fourth-order valence-corrected chi connectivity index (χ4v) is 3.00. The lowest BCUT2D eigenvalue weighted by atomic mass is 10.1. The second-order valence-corrected chi connectivity index (χ2v) is 7.15. The van der Waals surface area contributed by atoms with E-state index in [2.05, 4.69) is 70.0 Å². The highest BCUT2D eigenvalue weighted by Crippen LogP contribution is 2.27. The van der Waals surface area contributed by atoms with Crippen molar-refractivity contribution in [1.29, 1.82) is 0 Å². The molecule has 1 fully saturated rings. The molecule has 5 heteroatoms. The Morgan fingerprint density at radius 2 is 1.96 bits per heavy atom. The van der Waals surface area contributed by atoms with E-state index < -0.39 is 0 Å². The van der Waals surface area contributed by atoms with Crippen LogP contribution in [0.3, 0.4) is 0 Å².